The summed E-state index contributed by atoms with van der Waals surface area (Å²) in [4.78, 5) is 22.6. The predicted octanol–water partition coefficient (Wildman–Crippen LogP) is 3.82. The average molecular weight is 360 g/mol. The number of aromatic nitrogens is 2. The zero-order chi connectivity index (χ0) is 16.9. The van der Waals surface area contributed by atoms with E-state index in [0.29, 0.717) is 22.3 Å². The molecule has 4 bridgehead atoms. The smallest absolute Gasteiger partial charge is 0.232 e. The Labute approximate surface area is 154 Å². The van der Waals surface area contributed by atoms with Crippen molar-refractivity contribution in [1.82, 2.24) is 14.9 Å². The Morgan fingerprint density at radius 2 is 1.96 bits per heavy atom. The van der Waals surface area contributed by atoms with Crippen molar-refractivity contribution >= 4 is 17.7 Å². The largest absolute Gasteiger partial charge is 0.348 e. The summed E-state index contributed by atoms with van der Waals surface area (Å²) in [6, 6.07) is 0. The number of likely N-dealkylation sites (tertiary alicyclic amines) is 1. The molecule has 1 saturated heterocycles. The number of carbonyl (C=O) groups is 1. The number of aromatic amines is 1. The number of rotatable bonds is 4. The second kappa shape index (κ2) is 6.33. The second-order valence-electron chi connectivity index (χ2n) is 9.04. The lowest BCUT2D eigenvalue weighted by molar-refractivity contribution is -0.129. The number of amides is 1. The zero-order valence-electron chi connectivity index (χ0n) is 15.0. The number of hydrogen-bond donors (Lipinski definition) is 1. The monoisotopic (exact) mass is 359 g/mol. The Bertz CT molecular complexity index is 594. The van der Waals surface area contributed by atoms with Gasteiger partial charge in [-0.1, -0.05) is 0 Å². The molecule has 0 spiro atoms. The van der Waals surface area contributed by atoms with E-state index in [1.807, 2.05) is 24.2 Å². The van der Waals surface area contributed by atoms with Crippen molar-refractivity contribution in [3.05, 3.63) is 18.2 Å². The quantitative estimate of drug-likeness (QED) is 0.889. The summed E-state index contributed by atoms with van der Waals surface area (Å²) in [6.07, 6.45) is 14.5. The Kier molecular flexibility index (Phi) is 4.11. The third kappa shape index (κ3) is 3.13. The topological polar surface area (TPSA) is 49.0 Å². The summed E-state index contributed by atoms with van der Waals surface area (Å²) in [5.74, 6) is 5.38. The molecule has 0 unspecified atom stereocenters. The second-order valence-corrected chi connectivity index (χ2v) is 10.5. The van der Waals surface area contributed by atoms with Crippen LogP contribution in [0.1, 0.15) is 63.1 Å². The van der Waals surface area contributed by atoms with Gasteiger partial charge in [-0.3, -0.25) is 4.79 Å². The number of carbonyl (C=O) groups excluding carboxylic acids is 1. The molecule has 0 radical (unpaired) electrons. The van der Waals surface area contributed by atoms with Crippen LogP contribution in [0, 0.1) is 17.8 Å². The molecule has 1 amide bonds. The Morgan fingerprint density at radius 1 is 1.24 bits per heavy atom. The highest BCUT2D eigenvalue weighted by molar-refractivity contribution is 8.01. The molecule has 6 rings (SSSR count). The van der Waals surface area contributed by atoms with Gasteiger partial charge in [-0.25, -0.2) is 4.98 Å². The van der Waals surface area contributed by atoms with E-state index in [-0.39, 0.29) is 0 Å². The molecule has 1 aromatic heterocycles. The van der Waals surface area contributed by atoms with Crippen LogP contribution in [-0.4, -0.2) is 44.4 Å². The van der Waals surface area contributed by atoms with Crippen LogP contribution in [0.25, 0.3) is 0 Å². The summed E-state index contributed by atoms with van der Waals surface area (Å²) in [7, 11) is 0. The molecule has 1 aromatic rings. The van der Waals surface area contributed by atoms with E-state index in [9.17, 15) is 4.79 Å². The van der Waals surface area contributed by atoms with E-state index >= 15 is 0 Å². The third-order valence-electron chi connectivity index (χ3n) is 7.16. The van der Waals surface area contributed by atoms with E-state index in [2.05, 4.69) is 14.9 Å². The van der Waals surface area contributed by atoms with Gasteiger partial charge in [-0.2, -0.15) is 0 Å². The van der Waals surface area contributed by atoms with Gasteiger partial charge in [0.1, 0.15) is 5.82 Å². The minimum absolute atomic E-state index is 0.358. The van der Waals surface area contributed by atoms with Gasteiger partial charge in [-0.05, 0) is 69.1 Å². The maximum absolute atomic E-state index is 12.9. The van der Waals surface area contributed by atoms with Gasteiger partial charge in [0.2, 0.25) is 5.91 Å². The minimum atomic E-state index is 0.358. The maximum atomic E-state index is 12.9. The molecular formula is C20H29N3OS. The number of H-pyrrole nitrogens is 1. The third-order valence-corrected chi connectivity index (χ3v) is 8.67. The predicted molar refractivity (Wildman–Crippen MR) is 101 cm³/mol. The highest BCUT2D eigenvalue weighted by Crippen LogP contribution is 2.60. The van der Waals surface area contributed by atoms with E-state index in [1.54, 1.807) is 0 Å². The highest BCUT2D eigenvalue weighted by atomic mass is 32.2. The van der Waals surface area contributed by atoms with Gasteiger partial charge >= 0.3 is 0 Å². The summed E-state index contributed by atoms with van der Waals surface area (Å²) in [5, 5.41) is 0. The molecule has 1 atom stereocenters. The van der Waals surface area contributed by atoms with Crippen molar-refractivity contribution in [2.24, 2.45) is 17.8 Å². The molecule has 0 aromatic carbocycles. The van der Waals surface area contributed by atoms with Crippen molar-refractivity contribution in [2.45, 2.75) is 62.0 Å². The first-order chi connectivity index (χ1) is 12.2. The number of nitrogens with zero attached hydrogens (tertiary/aromatic N) is 2. The molecule has 1 N–H and O–H groups in total. The fourth-order valence-corrected chi connectivity index (χ4v) is 8.11. The van der Waals surface area contributed by atoms with Gasteiger partial charge in [0, 0.05) is 36.1 Å². The SMILES string of the molecule is O=C(CSC12CC3CC(CC(C3)C1)C2)N1CCC[C@H](c2ncc[nH]2)C1. The fourth-order valence-electron chi connectivity index (χ4n) is 6.44. The summed E-state index contributed by atoms with van der Waals surface area (Å²) < 4.78 is 0.445. The summed E-state index contributed by atoms with van der Waals surface area (Å²) in [5.41, 5.74) is 0. The van der Waals surface area contributed by atoms with Gasteiger partial charge in [0.05, 0.1) is 5.75 Å². The van der Waals surface area contributed by atoms with E-state index in [0.717, 1.165) is 49.5 Å². The first-order valence-corrected chi connectivity index (χ1v) is 11.1. The lowest BCUT2D eigenvalue weighted by atomic mass is 9.56. The Hall–Kier alpha value is -0.970. The highest BCUT2D eigenvalue weighted by Gasteiger charge is 2.51. The van der Waals surface area contributed by atoms with E-state index < -0.39 is 0 Å². The van der Waals surface area contributed by atoms with Crippen LogP contribution in [0.5, 0.6) is 0 Å². The molecule has 5 fully saturated rings. The van der Waals surface area contributed by atoms with Crippen molar-refractivity contribution in [3.63, 3.8) is 0 Å². The molecule has 1 aliphatic heterocycles. The average Bonchev–Trinajstić information content (AvgIpc) is 3.13. The normalized spacial score (nSPS) is 39.8. The number of imidazole rings is 1. The van der Waals surface area contributed by atoms with Crippen LogP contribution < -0.4 is 0 Å². The molecule has 5 heteroatoms. The number of piperidine rings is 1. The van der Waals surface area contributed by atoms with Gasteiger partial charge in [-0.15, -0.1) is 11.8 Å². The Morgan fingerprint density at radius 3 is 2.60 bits per heavy atom. The molecule has 136 valence electrons. The first-order valence-electron chi connectivity index (χ1n) is 10.1. The fraction of sp³-hybridized carbons (Fsp3) is 0.800. The molecular weight excluding hydrogens is 330 g/mol. The first kappa shape index (κ1) is 16.2. The summed E-state index contributed by atoms with van der Waals surface area (Å²) >= 11 is 2.02. The number of nitrogens with one attached hydrogen (secondary N) is 1. The van der Waals surface area contributed by atoms with Crippen LogP contribution in [0.3, 0.4) is 0 Å². The van der Waals surface area contributed by atoms with Crippen molar-refractivity contribution in [2.75, 3.05) is 18.8 Å². The molecule has 4 nitrogen and oxygen atoms in total. The molecule has 5 aliphatic rings. The van der Waals surface area contributed by atoms with Crippen molar-refractivity contribution in [1.29, 1.82) is 0 Å². The van der Waals surface area contributed by atoms with Crippen molar-refractivity contribution < 1.29 is 4.79 Å². The maximum Gasteiger partial charge on any atom is 0.232 e. The van der Waals surface area contributed by atoms with Crippen LogP contribution in [-0.2, 0) is 4.79 Å². The standard InChI is InChI=1S/C20H29N3OS/c24-18(23-5-1-2-17(12-23)19-21-3-4-22-19)13-25-20-9-14-6-15(10-20)8-16(7-14)11-20/h3-4,14-17H,1-2,5-13H2,(H,21,22)/t14?,15?,16?,17-,20?/m0/s1. The Balaban J connectivity index is 1.19. The number of thioether (sulfide) groups is 1. The van der Waals surface area contributed by atoms with Crippen LogP contribution in [0.4, 0.5) is 0 Å². The van der Waals surface area contributed by atoms with Gasteiger partial charge in [0.15, 0.2) is 0 Å². The zero-order valence-corrected chi connectivity index (χ0v) is 15.8. The van der Waals surface area contributed by atoms with Gasteiger partial charge in [0.25, 0.3) is 0 Å². The molecule has 4 saturated carbocycles. The summed E-state index contributed by atoms with van der Waals surface area (Å²) in [6.45, 7) is 1.77. The van der Waals surface area contributed by atoms with Crippen LogP contribution in [0.2, 0.25) is 0 Å². The van der Waals surface area contributed by atoms with Crippen LogP contribution >= 0.6 is 11.8 Å². The van der Waals surface area contributed by atoms with Crippen molar-refractivity contribution in [3.8, 4) is 0 Å². The number of hydrogen-bond acceptors (Lipinski definition) is 3. The van der Waals surface area contributed by atoms with E-state index in [1.165, 1.54) is 38.5 Å². The van der Waals surface area contributed by atoms with Crippen LogP contribution in [0.15, 0.2) is 12.4 Å². The van der Waals surface area contributed by atoms with Gasteiger partial charge < -0.3 is 9.88 Å². The molecule has 4 aliphatic carbocycles. The molecule has 25 heavy (non-hydrogen) atoms. The minimum Gasteiger partial charge on any atom is -0.348 e. The molecule has 2 heterocycles. The lowest BCUT2D eigenvalue weighted by Gasteiger charge is -2.56. The lowest BCUT2D eigenvalue weighted by Crippen LogP contribution is -2.49. The van der Waals surface area contributed by atoms with E-state index in [4.69, 9.17) is 0 Å².